The van der Waals surface area contributed by atoms with Crippen molar-refractivity contribution in [3.8, 4) is 0 Å². The van der Waals surface area contributed by atoms with Gasteiger partial charge in [0.05, 0.1) is 24.9 Å². The Morgan fingerprint density at radius 2 is 1.52 bits per heavy atom. The lowest BCUT2D eigenvalue weighted by Crippen LogP contribution is -2.37. The zero-order valence-corrected chi connectivity index (χ0v) is 14.2. The molecule has 4 heteroatoms. The molecule has 1 aromatic heterocycles. The molecule has 0 aliphatic carbocycles. The van der Waals surface area contributed by atoms with E-state index in [0.29, 0.717) is 0 Å². The van der Waals surface area contributed by atoms with Gasteiger partial charge < -0.3 is 9.73 Å². The van der Waals surface area contributed by atoms with Crippen LogP contribution >= 0.6 is 0 Å². The molecule has 0 fully saturated rings. The first-order valence-electron chi connectivity index (χ1n) is 8.40. The number of carbonyl (C=O) groups is 1. The molecule has 0 aliphatic rings. The van der Waals surface area contributed by atoms with Crippen LogP contribution in [0.2, 0.25) is 0 Å². The third kappa shape index (κ3) is 4.58. The van der Waals surface area contributed by atoms with Gasteiger partial charge in [-0.05, 0) is 30.2 Å². The van der Waals surface area contributed by atoms with Crippen LogP contribution in [0.4, 0.5) is 0 Å². The predicted octanol–water partition coefficient (Wildman–Crippen LogP) is 3.84. The molecular weight excluding hydrogens is 312 g/mol. The lowest BCUT2D eigenvalue weighted by molar-refractivity contribution is -0.120. The van der Waals surface area contributed by atoms with Crippen LogP contribution < -0.4 is 10.6 Å². The van der Waals surface area contributed by atoms with Crippen LogP contribution in [0.15, 0.2) is 83.5 Å². The molecule has 0 radical (unpaired) electrons. The number of carbonyl (C=O) groups excluding carboxylic acids is 1. The molecule has 128 valence electrons. The quantitative estimate of drug-likeness (QED) is 0.690. The van der Waals surface area contributed by atoms with E-state index in [9.17, 15) is 4.79 Å². The minimum Gasteiger partial charge on any atom is -0.468 e. The van der Waals surface area contributed by atoms with Crippen molar-refractivity contribution >= 4 is 5.91 Å². The van der Waals surface area contributed by atoms with Gasteiger partial charge in [-0.2, -0.15) is 0 Å². The second-order valence-corrected chi connectivity index (χ2v) is 5.94. The highest BCUT2D eigenvalue weighted by molar-refractivity contribution is 5.79. The van der Waals surface area contributed by atoms with Gasteiger partial charge in [0.25, 0.3) is 0 Å². The van der Waals surface area contributed by atoms with Gasteiger partial charge in [-0.1, -0.05) is 60.7 Å². The van der Waals surface area contributed by atoms with Gasteiger partial charge in [-0.25, -0.2) is 0 Å². The van der Waals surface area contributed by atoms with Crippen LogP contribution in [-0.4, -0.2) is 12.5 Å². The molecule has 3 rings (SSSR count). The molecule has 0 saturated heterocycles. The summed E-state index contributed by atoms with van der Waals surface area (Å²) in [6.07, 6.45) is 1.63. The van der Waals surface area contributed by atoms with Crippen LogP contribution in [0.5, 0.6) is 0 Å². The fourth-order valence-electron chi connectivity index (χ4n) is 2.75. The second-order valence-electron chi connectivity index (χ2n) is 5.94. The highest BCUT2D eigenvalue weighted by Crippen LogP contribution is 2.21. The van der Waals surface area contributed by atoms with Crippen molar-refractivity contribution in [2.45, 2.75) is 19.0 Å². The first kappa shape index (κ1) is 17.0. The third-order valence-corrected chi connectivity index (χ3v) is 4.11. The Balaban J connectivity index is 1.67. The van der Waals surface area contributed by atoms with E-state index in [1.165, 1.54) is 0 Å². The number of furan rings is 1. The Labute approximate surface area is 147 Å². The van der Waals surface area contributed by atoms with Gasteiger partial charge in [-0.3, -0.25) is 10.1 Å². The standard InChI is InChI=1S/C21H22N2O2/c1-16(19-13-8-14-25-19)22-15-20(24)23-21(17-9-4-2-5-10-17)18-11-6-3-7-12-18/h2-14,16,21-22H,15H2,1H3,(H,23,24)/t16-/m1/s1. The number of rotatable bonds is 7. The van der Waals surface area contributed by atoms with Gasteiger partial charge in [0.1, 0.15) is 5.76 Å². The van der Waals surface area contributed by atoms with Gasteiger partial charge in [0.15, 0.2) is 0 Å². The molecule has 1 heterocycles. The SMILES string of the molecule is C[C@@H](NCC(=O)NC(c1ccccc1)c1ccccc1)c1ccco1. The van der Waals surface area contributed by atoms with Crippen molar-refractivity contribution in [1.29, 1.82) is 0 Å². The summed E-state index contributed by atoms with van der Waals surface area (Å²) in [6.45, 7) is 2.19. The topological polar surface area (TPSA) is 54.3 Å². The second kappa shape index (κ2) is 8.31. The molecule has 0 bridgehead atoms. The van der Waals surface area contributed by atoms with E-state index < -0.39 is 0 Å². The molecular formula is C21H22N2O2. The summed E-state index contributed by atoms with van der Waals surface area (Å²) in [5.74, 6) is 0.756. The number of hydrogen-bond acceptors (Lipinski definition) is 3. The zero-order chi connectivity index (χ0) is 17.5. The van der Waals surface area contributed by atoms with Crippen molar-refractivity contribution < 1.29 is 9.21 Å². The summed E-state index contributed by atoms with van der Waals surface area (Å²) in [5.41, 5.74) is 2.11. The van der Waals surface area contributed by atoms with E-state index in [4.69, 9.17) is 4.42 Å². The minimum atomic E-state index is -0.171. The monoisotopic (exact) mass is 334 g/mol. The Morgan fingerprint density at radius 3 is 2.04 bits per heavy atom. The maximum atomic E-state index is 12.5. The molecule has 0 spiro atoms. The molecule has 4 nitrogen and oxygen atoms in total. The molecule has 0 saturated carbocycles. The van der Waals surface area contributed by atoms with Crippen molar-refractivity contribution in [1.82, 2.24) is 10.6 Å². The number of hydrogen-bond donors (Lipinski definition) is 2. The van der Waals surface area contributed by atoms with E-state index in [-0.39, 0.29) is 24.5 Å². The van der Waals surface area contributed by atoms with Gasteiger partial charge in [-0.15, -0.1) is 0 Å². The first-order valence-corrected chi connectivity index (χ1v) is 8.40. The fourth-order valence-corrected chi connectivity index (χ4v) is 2.75. The average Bonchev–Trinajstić information content (AvgIpc) is 3.20. The molecule has 1 amide bonds. The minimum absolute atomic E-state index is 0.0207. The van der Waals surface area contributed by atoms with Crippen LogP contribution in [-0.2, 0) is 4.79 Å². The predicted molar refractivity (Wildman–Crippen MR) is 98.0 cm³/mol. The summed E-state index contributed by atoms with van der Waals surface area (Å²) in [7, 11) is 0. The smallest absolute Gasteiger partial charge is 0.234 e. The van der Waals surface area contributed by atoms with Crippen LogP contribution in [0, 0.1) is 0 Å². The lowest BCUT2D eigenvalue weighted by atomic mass is 9.99. The van der Waals surface area contributed by atoms with E-state index in [1.54, 1.807) is 6.26 Å². The normalized spacial score (nSPS) is 12.1. The Morgan fingerprint density at radius 1 is 0.920 bits per heavy atom. The molecule has 2 aromatic carbocycles. The lowest BCUT2D eigenvalue weighted by Gasteiger charge is -2.20. The van der Waals surface area contributed by atoms with Crippen LogP contribution in [0.3, 0.4) is 0 Å². The van der Waals surface area contributed by atoms with Crippen molar-refractivity contribution in [2.75, 3.05) is 6.54 Å². The molecule has 0 unspecified atom stereocenters. The average molecular weight is 334 g/mol. The van der Waals surface area contributed by atoms with Crippen LogP contribution in [0.1, 0.15) is 35.9 Å². The molecule has 2 N–H and O–H groups in total. The molecule has 3 aromatic rings. The van der Waals surface area contributed by atoms with E-state index in [2.05, 4.69) is 10.6 Å². The van der Waals surface area contributed by atoms with Crippen molar-refractivity contribution in [3.05, 3.63) is 95.9 Å². The van der Waals surface area contributed by atoms with Crippen molar-refractivity contribution in [2.24, 2.45) is 0 Å². The highest BCUT2D eigenvalue weighted by atomic mass is 16.3. The van der Waals surface area contributed by atoms with Gasteiger partial charge in [0, 0.05) is 0 Å². The molecule has 25 heavy (non-hydrogen) atoms. The summed E-state index contributed by atoms with van der Waals surface area (Å²) in [6, 6.07) is 23.5. The summed E-state index contributed by atoms with van der Waals surface area (Å²) < 4.78 is 5.35. The molecule has 1 atom stereocenters. The van der Waals surface area contributed by atoms with E-state index >= 15 is 0 Å². The summed E-state index contributed by atoms with van der Waals surface area (Å²) >= 11 is 0. The number of benzene rings is 2. The number of nitrogens with one attached hydrogen (secondary N) is 2. The van der Waals surface area contributed by atoms with Gasteiger partial charge >= 0.3 is 0 Å². The fraction of sp³-hybridized carbons (Fsp3) is 0.190. The Bertz CT molecular complexity index is 731. The Hall–Kier alpha value is -2.85. The highest BCUT2D eigenvalue weighted by Gasteiger charge is 2.17. The summed E-state index contributed by atoms with van der Waals surface area (Å²) in [4.78, 5) is 12.5. The maximum Gasteiger partial charge on any atom is 0.234 e. The van der Waals surface area contributed by atoms with Crippen molar-refractivity contribution in [3.63, 3.8) is 0 Å². The first-order chi connectivity index (χ1) is 12.2. The van der Waals surface area contributed by atoms with E-state index in [1.807, 2.05) is 79.7 Å². The third-order valence-electron chi connectivity index (χ3n) is 4.11. The number of amides is 1. The zero-order valence-electron chi connectivity index (χ0n) is 14.2. The van der Waals surface area contributed by atoms with Gasteiger partial charge in [0.2, 0.25) is 5.91 Å². The van der Waals surface area contributed by atoms with E-state index in [0.717, 1.165) is 16.9 Å². The summed E-state index contributed by atoms with van der Waals surface area (Å²) in [5, 5.41) is 6.31. The Kier molecular flexibility index (Phi) is 5.65. The molecule has 0 aliphatic heterocycles. The van der Waals surface area contributed by atoms with Crippen LogP contribution in [0.25, 0.3) is 0 Å². The largest absolute Gasteiger partial charge is 0.468 e. The maximum absolute atomic E-state index is 12.5.